The van der Waals surface area contributed by atoms with E-state index in [1.165, 1.54) is 6.42 Å². The number of carbonyl (C=O) groups excluding carboxylic acids is 2. The summed E-state index contributed by atoms with van der Waals surface area (Å²) in [7, 11) is 1.60. The van der Waals surface area contributed by atoms with Crippen molar-refractivity contribution >= 4 is 17.6 Å². The number of amides is 1. The molecule has 0 aromatic heterocycles. The number of rotatable bonds is 7. The zero-order chi connectivity index (χ0) is 19.8. The molecule has 1 aliphatic rings. The second-order valence-electron chi connectivity index (χ2n) is 7.08. The quantitative estimate of drug-likeness (QED) is 0.676. The van der Waals surface area contributed by atoms with Crippen molar-refractivity contribution in [3.63, 3.8) is 0 Å². The number of methoxy groups -OCH3 is 1. The van der Waals surface area contributed by atoms with Crippen LogP contribution in [0.25, 0.3) is 0 Å². The molecule has 148 valence electrons. The zero-order valence-electron chi connectivity index (χ0n) is 16.3. The summed E-state index contributed by atoms with van der Waals surface area (Å²) in [5.41, 5.74) is 1.69. The van der Waals surface area contributed by atoms with E-state index in [-0.39, 0.29) is 25.0 Å². The first-order valence-corrected chi connectivity index (χ1v) is 9.83. The number of para-hydroxylation sites is 1. The predicted molar refractivity (Wildman–Crippen MR) is 108 cm³/mol. The van der Waals surface area contributed by atoms with Crippen LogP contribution in [0.15, 0.2) is 54.6 Å². The Morgan fingerprint density at radius 2 is 1.64 bits per heavy atom. The SMILES string of the molecule is COc1ccc(CC(=O)OCC(=O)N(c2ccccc2)C2CCCCC2)cc1. The molecule has 0 spiro atoms. The van der Waals surface area contributed by atoms with Gasteiger partial charge in [0, 0.05) is 11.7 Å². The summed E-state index contributed by atoms with van der Waals surface area (Å²) in [5, 5.41) is 0. The lowest BCUT2D eigenvalue weighted by Gasteiger charge is -2.34. The fourth-order valence-electron chi connectivity index (χ4n) is 3.66. The normalized spacial score (nSPS) is 14.3. The third kappa shape index (κ3) is 5.35. The topological polar surface area (TPSA) is 55.8 Å². The Morgan fingerprint density at radius 3 is 2.29 bits per heavy atom. The summed E-state index contributed by atoms with van der Waals surface area (Å²) in [5.74, 6) is 0.162. The lowest BCUT2D eigenvalue weighted by atomic mass is 9.93. The van der Waals surface area contributed by atoms with Gasteiger partial charge in [0.15, 0.2) is 6.61 Å². The maximum absolute atomic E-state index is 12.9. The summed E-state index contributed by atoms with van der Waals surface area (Å²) in [6, 6.07) is 17.1. The van der Waals surface area contributed by atoms with Crippen LogP contribution in [0.5, 0.6) is 5.75 Å². The van der Waals surface area contributed by atoms with Crippen LogP contribution in [0.4, 0.5) is 5.69 Å². The molecule has 0 atom stereocenters. The highest BCUT2D eigenvalue weighted by Crippen LogP contribution is 2.27. The van der Waals surface area contributed by atoms with Crippen LogP contribution >= 0.6 is 0 Å². The number of benzene rings is 2. The van der Waals surface area contributed by atoms with Crippen molar-refractivity contribution in [3.8, 4) is 5.75 Å². The molecule has 0 saturated heterocycles. The number of hydrogen-bond acceptors (Lipinski definition) is 4. The number of esters is 1. The summed E-state index contributed by atoms with van der Waals surface area (Å²) in [6.07, 6.45) is 5.56. The molecule has 1 aliphatic carbocycles. The van der Waals surface area contributed by atoms with Crippen molar-refractivity contribution in [3.05, 3.63) is 60.2 Å². The maximum Gasteiger partial charge on any atom is 0.310 e. The molecule has 2 aromatic rings. The lowest BCUT2D eigenvalue weighted by molar-refractivity contribution is -0.147. The van der Waals surface area contributed by atoms with E-state index in [2.05, 4.69) is 0 Å². The molecule has 28 heavy (non-hydrogen) atoms. The van der Waals surface area contributed by atoms with Gasteiger partial charge in [-0.25, -0.2) is 0 Å². The van der Waals surface area contributed by atoms with Crippen LogP contribution in [-0.4, -0.2) is 31.6 Å². The molecule has 0 heterocycles. The van der Waals surface area contributed by atoms with Gasteiger partial charge in [-0.15, -0.1) is 0 Å². The Bertz CT molecular complexity index is 767. The molecular formula is C23H27NO4. The van der Waals surface area contributed by atoms with E-state index in [0.29, 0.717) is 0 Å². The van der Waals surface area contributed by atoms with Gasteiger partial charge in [-0.1, -0.05) is 49.6 Å². The molecule has 0 unspecified atom stereocenters. The second-order valence-corrected chi connectivity index (χ2v) is 7.08. The zero-order valence-corrected chi connectivity index (χ0v) is 16.3. The van der Waals surface area contributed by atoms with Crippen molar-refractivity contribution in [2.24, 2.45) is 0 Å². The van der Waals surface area contributed by atoms with E-state index in [1.54, 1.807) is 19.2 Å². The maximum atomic E-state index is 12.9. The molecule has 5 nitrogen and oxygen atoms in total. The van der Waals surface area contributed by atoms with Crippen molar-refractivity contribution in [2.45, 2.75) is 44.6 Å². The summed E-state index contributed by atoms with van der Waals surface area (Å²) in [4.78, 5) is 26.9. The molecule has 1 saturated carbocycles. The van der Waals surface area contributed by atoms with E-state index < -0.39 is 5.97 Å². The molecule has 5 heteroatoms. The molecule has 1 amide bonds. The summed E-state index contributed by atoms with van der Waals surface area (Å²) in [6.45, 7) is -0.236. The predicted octanol–water partition coefficient (Wildman–Crippen LogP) is 4.15. The minimum absolute atomic E-state index is 0.131. The van der Waals surface area contributed by atoms with Crippen molar-refractivity contribution in [2.75, 3.05) is 18.6 Å². The average molecular weight is 381 g/mol. The van der Waals surface area contributed by atoms with Crippen LogP contribution in [0, 0.1) is 0 Å². The third-order valence-electron chi connectivity index (χ3n) is 5.11. The van der Waals surface area contributed by atoms with Gasteiger partial charge in [0.05, 0.1) is 13.5 Å². The van der Waals surface area contributed by atoms with Crippen LogP contribution in [0.2, 0.25) is 0 Å². The molecule has 1 fully saturated rings. The Morgan fingerprint density at radius 1 is 0.964 bits per heavy atom. The molecule has 0 aliphatic heterocycles. The highest BCUT2D eigenvalue weighted by atomic mass is 16.5. The first kappa shape index (κ1) is 19.9. The first-order valence-electron chi connectivity index (χ1n) is 9.83. The van der Waals surface area contributed by atoms with Crippen LogP contribution < -0.4 is 9.64 Å². The molecule has 0 radical (unpaired) electrons. The first-order chi connectivity index (χ1) is 13.7. The van der Waals surface area contributed by atoms with Crippen molar-refractivity contribution in [1.82, 2.24) is 0 Å². The van der Waals surface area contributed by atoms with Crippen LogP contribution in [0.3, 0.4) is 0 Å². The highest BCUT2D eigenvalue weighted by Gasteiger charge is 2.27. The third-order valence-corrected chi connectivity index (χ3v) is 5.11. The summed E-state index contributed by atoms with van der Waals surface area (Å²) < 4.78 is 10.4. The average Bonchev–Trinajstić information content (AvgIpc) is 2.74. The Kier molecular flexibility index (Phi) is 7.06. The molecular weight excluding hydrogens is 354 g/mol. The van der Waals surface area contributed by atoms with E-state index >= 15 is 0 Å². The van der Waals surface area contributed by atoms with Crippen LogP contribution in [0.1, 0.15) is 37.7 Å². The molecule has 2 aromatic carbocycles. The highest BCUT2D eigenvalue weighted by molar-refractivity contribution is 5.95. The molecule has 0 N–H and O–H groups in total. The number of nitrogens with zero attached hydrogens (tertiary/aromatic N) is 1. The van der Waals surface area contributed by atoms with Gasteiger partial charge < -0.3 is 14.4 Å². The number of anilines is 1. The standard InChI is InChI=1S/C23H27NO4/c1-27-21-14-12-18(13-15-21)16-23(26)28-17-22(25)24(19-8-4-2-5-9-19)20-10-6-3-7-11-20/h2,4-5,8-9,12-15,20H,3,6-7,10-11,16-17H2,1H3. The monoisotopic (exact) mass is 381 g/mol. The van der Waals surface area contributed by atoms with Gasteiger partial charge >= 0.3 is 5.97 Å². The Hall–Kier alpha value is -2.82. The fourth-order valence-corrected chi connectivity index (χ4v) is 3.66. The minimum atomic E-state index is -0.407. The van der Waals surface area contributed by atoms with Gasteiger partial charge in [-0.05, 0) is 42.7 Å². The smallest absolute Gasteiger partial charge is 0.310 e. The Balaban J connectivity index is 1.60. The van der Waals surface area contributed by atoms with Crippen molar-refractivity contribution in [1.29, 1.82) is 0 Å². The van der Waals surface area contributed by atoms with Gasteiger partial charge in [-0.2, -0.15) is 0 Å². The van der Waals surface area contributed by atoms with E-state index in [9.17, 15) is 9.59 Å². The number of ether oxygens (including phenoxy) is 2. The van der Waals surface area contributed by atoms with E-state index in [4.69, 9.17) is 9.47 Å². The van der Waals surface area contributed by atoms with Gasteiger partial charge in [0.25, 0.3) is 5.91 Å². The molecule has 0 bridgehead atoms. The lowest BCUT2D eigenvalue weighted by Crippen LogP contribution is -2.44. The van der Waals surface area contributed by atoms with Crippen LogP contribution in [-0.2, 0) is 20.7 Å². The largest absolute Gasteiger partial charge is 0.497 e. The number of hydrogen-bond donors (Lipinski definition) is 0. The summed E-state index contributed by atoms with van der Waals surface area (Å²) >= 11 is 0. The second kappa shape index (κ2) is 9.93. The van der Waals surface area contributed by atoms with Gasteiger partial charge in [-0.3, -0.25) is 9.59 Å². The van der Waals surface area contributed by atoms with E-state index in [1.807, 2.05) is 47.4 Å². The van der Waals surface area contributed by atoms with Crippen molar-refractivity contribution < 1.29 is 19.1 Å². The van der Waals surface area contributed by atoms with Gasteiger partial charge in [0.2, 0.25) is 0 Å². The van der Waals surface area contributed by atoms with E-state index in [0.717, 1.165) is 42.7 Å². The number of carbonyl (C=O) groups is 2. The van der Waals surface area contributed by atoms with Gasteiger partial charge in [0.1, 0.15) is 5.75 Å². The Labute approximate surface area is 166 Å². The minimum Gasteiger partial charge on any atom is -0.497 e. The fraction of sp³-hybridized carbons (Fsp3) is 0.391. The molecule has 3 rings (SSSR count).